The number of benzene rings is 2. The number of nitrogens with one attached hydrogen (secondary N) is 1. The second-order valence-electron chi connectivity index (χ2n) is 7.56. The van der Waals surface area contributed by atoms with E-state index < -0.39 is 0 Å². The lowest BCUT2D eigenvalue weighted by Crippen LogP contribution is -2.24. The smallest absolute Gasteiger partial charge is 0.262 e. The molecule has 0 fully saturated rings. The molecule has 0 saturated carbocycles. The van der Waals surface area contributed by atoms with Crippen molar-refractivity contribution < 1.29 is 0 Å². The van der Waals surface area contributed by atoms with E-state index in [1.54, 1.807) is 23.0 Å². The zero-order chi connectivity index (χ0) is 21.4. The quantitative estimate of drug-likeness (QED) is 0.442. The van der Waals surface area contributed by atoms with Crippen LogP contribution < -0.4 is 10.9 Å². The van der Waals surface area contributed by atoms with E-state index in [0.29, 0.717) is 17.7 Å². The molecule has 3 aromatic heterocycles. The number of hydrogen-bond donors (Lipinski definition) is 1. The van der Waals surface area contributed by atoms with E-state index in [1.807, 2.05) is 28.7 Å². The standard InChI is InChI=1S/C24H23N5OS/c1-3-16-10-12-17(13-11-16)22(20-9-6-14-31-20)25-15-21-26-27-24-28(2)23(30)18-7-4-5-8-19(18)29(21)24/h4-14,22,25H,3,15H2,1-2H3. The summed E-state index contributed by atoms with van der Waals surface area (Å²) in [6.45, 7) is 2.68. The zero-order valence-corrected chi connectivity index (χ0v) is 18.3. The van der Waals surface area contributed by atoms with Gasteiger partial charge in [-0.25, -0.2) is 0 Å². The fourth-order valence-corrected chi connectivity index (χ4v) is 4.81. The maximum atomic E-state index is 12.7. The summed E-state index contributed by atoms with van der Waals surface area (Å²) in [4.78, 5) is 13.9. The Morgan fingerprint density at radius 1 is 1.03 bits per heavy atom. The Kier molecular flexibility index (Phi) is 5.13. The lowest BCUT2D eigenvalue weighted by molar-refractivity contribution is 0.591. The van der Waals surface area contributed by atoms with Gasteiger partial charge in [0.1, 0.15) is 0 Å². The minimum absolute atomic E-state index is 0.0528. The van der Waals surface area contributed by atoms with E-state index in [4.69, 9.17) is 0 Å². The number of nitrogens with zero attached hydrogens (tertiary/aromatic N) is 4. The van der Waals surface area contributed by atoms with Gasteiger partial charge in [0.25, 0.3) is 5.56 Å². The first-order valence-electron chi connectivity index (χ1n) is 10.3. The topological polar surface area (TPSA) is 64.2 Å². The third-order valence-electron chi connectivity index (χ3n) is 5.71. The van der Waals surface area contributed by atoms with Crippen LogP contribution in [0, 0.1) is 0 Å². The Balaban J connectivity index is 1.55. The Bertz CT molecular complexity index is 1400. The molecule has 0 aliphatic rings. The first-order chi connectivity index (χ1) is 15.2. The van der Waals surface area contributed by atoms with Gasteiger partial charge in [-0.15, -0.1) is 21.5 Å². The summed E-state index contributed by atoms with van der Waals surface area (Å²) < 4.78 is 3.52. The van der Waals surface area contributed by atoms with E-state index in [1.165, 1.54) is 16.0 Å². The number of hydrogen-bond acceptors (Lipinski definition) is 5. The van der Waals surface area contributed by atoms with Crippen LogP contribution >= 0.6 is 11.3 Å². The Morgan fingerprint density at radius 3 is 2.58 bits per heavy atom. The van der Waals surface area contributed by atoms with Crippen molar-refractivity contribution in [3.8, 4) is 0 Å². The predicted octanol–water partition coefficient (Wildman–Crippen LogP) is 4.08. The van der Waals surface area contributed by atoms with Gasteiger partial charge in [-0.05, 0) is 41.1 Å². The molecular formula is C24H23N5OS. The molecule has 7 heteroatoms. The fraction of sp³-hybridized carbons (Fsp3) is 0.208. The summed E-state index contributed by atoms with van der Waals surface area (Å²) >= 11 is 1.73. The molecule has 1 atom stereocenters. The normalized spacial score (nSPS) is 12.6. The molecule has 0 spiro atoms. The zero-order valence-electron chi connectivity index (χ0n) is 17.4. The van der Waals surface area contributed by atoms with Gasteiger partial charge in [0, 0.05) is 11.9 Å². The third kappa shape index (κ3) is 3.45. The second kappa shape index (κ2) is 8.09. The van der Waals surface area contributed by atoms with Crippen molar-refractivity contribution in [1.29, 1.82) is 0 Å². The summed E-state index contributed by atoms with van der Waals surface area (Å²) in [6.07, 6.45) is 1.02. The van der Waals surface area contributed by atoms with Crippen LogP contribution in [0.25, 0.3) is 16.7 Å². The molecule has 0 amide bonds. The van der Waals surface area contributed by atoms with Crippen molar-refractivity contribution >= 4 is 28.0 Å². The van der Waals surface area contributed by atoms with E-state index in [2.05, 4.69) is 64.2 Å². The number of aryl methyl sites for hydroxylation is 2. The SMILES string of the molecule is CCc1ccc(C(NCc2nnc3n(C)c(=O)c4ccccc4n23)c2cccs2)cc1. The van der Waals surface area contributed by atoms with Crippen LogP contribution in [0.3, 0.4) is 0 Å². The van der Waals surface area contributed by atoms with E-state index in [9.17, 15) is 4.79 Å². The Labute approximate surface area is 183 Å². The van der Waals surface area contributed by atoms with Crippen molar-refractivity contribution in [3.05, 3.63) is 98.2 Å². The fourth-order valence-electron chi connectivity index (χ4n) is 3.98. The molecule has 6 nitrogen and oxygen atoms in total. The highest BCUT2D eigenvalue weighted by atomic mass is 32.1. The summed E-state index contributed by atoms with van der Waals surface area (Å²) in [5, 5.41) is 15.1. The summed E-state index contributed by atoms with van der Waals surface area (Å²) in [6, 6.07) is 20.6. The number of thiophene rings is 1. The van der Waals surface area contributed by atoms with Gasteiger partial charge in [0.15, 0.2) is 5.82 Å². The average Bonchev–Trinajstić information content (AvgIpc) is 3.49. The van der Waals surface area contributed by atoms with Gasteiger partial charge in [-0.3, -0.25) is 19.1 Å². The number of aromatic nitrogens is 4. The Hall–Kier alpha value is -3.29. The molecule has 0 saturated heterocycles. The highest BCUT2D eigenvalue weighted by Gasteiger charge is 2.18. The molecule has 0 aliphatic heterocycles. The first-order valence-corrected chi connectivity index (χ1v) is 11.2. The van der Waals surface area contributed by atoms with Crippen molar-refractivity contribution in [2.45, 2.75) is 25.9 Å². The molecule has 2 aromatic carbocycles. The van der Waals surface area contributed by atoms with Gasteiger partial charge in [0.2, 0.25) is 5.78 Å². The summed E-state index contributed by atoms with van der Waals surface area (Å²) in [7, 11) is 1.74. The lowest BCUT2D eigenvalue weighted by Gasteiger charge is -2.18. The van der Waals surface area contributed by atoms with E-state index >= 15 is 0 Å². The Morgan fingerprint density at radius 2 is 1.84 bits per heavy atom. The molecule has 156 valence electrons. The van der Waals surface area contributed by atoms with Crippen LogP contribution in [0.2, 0.25) is 0 Å². The van der Waals surface area contributed by atoms with Gasteiger partial charge in [0.05, 0.1) is 23.5 Å². The minimum Gasteiger partial charge on any atom is -0.298 e. The van der Waals surface area contributed by atoms with Crippen molar-refractivity contribution in [1.82, 2.24) is 24.5 Å². The molecular weight excluding hydrogens is 406 g/mol. The average molecular weight is 430 g/mol. The van der Waals surface area contributed by atoms with E-state index in [-0.39, 0.29) is 11.6 Å². The molecule has 3 heterocycles. The largest absolute Gasteiger partial charge is 0.298 e. The van der Waals surface area contributed by atoms with Gasteiger partial charge >= 0.3 is 0 Å². The minimum atomic E-state index is -0.0671. The molecule has 5 rings (SSSR count). The monoisotopic (exact) mass is 429 g/mol. The molecule has 0 bridgehead atoms. The molecule has 0 radical (unpaired) electrons. The first kappa shape index (κ1) is 19.7. The van der Waals surface area contributed by atoms with Crippen LogP contribution in [-0.2, 0) is 20.0 Å². The van der Waals surface area contributed by atoms with Crippen LogP contribution in [-0.4, -0.2) is 19.2 Å². The maximum Gasteiger partial charge on any atom is 0.262 e. The number of fused-ring (bicyclic) bond motifs is 3. The van der Waals surface area contributed by atoms with Gasteiger partial charge in [-0.1, -0.05) is 49.4 Å². The predicted molar refractivity (Wildman–Crippen MR) is 125 cm³/mol. The molecule has 1 N–H and O–H groups in total. The van der Waals surface area contributed by atoms with Crippen molar-refractivity contribution in [3.63, 3.8) is 0 Å². The van der Waals surface area contributed by atoms with Crippen LogP contribution in [0.15, 0.2) is 70.8 Å². The lowest BCUT2D eigenvalue weighted by atomic mass is 10.0. The highest BCUT2D eigenvalue weighted by Crippen LogP contribution is 2.27. The number of rotatable bonds is 6. The van der Waals surface area contributed by atoms with Crippen LogP contribution in [0.4, 0.5) is 0 Å². The summed E-state index contributed by atoms with van der Waals surface area (Å²) in [5.74, 6) is 1.31. The van der Waals surface area contributed by atoms with Gasteiger partial charge in [-0.2, -0.15) is 0 Å². The second-order valence-corrected chi connectivity index (χ2v) is 8.54. The van der Waals surface area contributed by atoms with Crippen LogP contribution in [0.5, 0.6) is 0 Å². The molecule has 5 aromatic rings. The molecule has 0 aliphatic carbocycles. The molecule has 31 heavy (non-hydrogen) atoms. The maximum absolute atomic E-state index is 12.7. The van der Waals surface area contributed by atoms with Crippen molar-refractivity contribution in [2.24, 2.45) is 7.05 Å². The summed E-state index contributed by atoms with van der Waals surface area (Å²) in [5.41, 5.74) is 3.29. The highest BCUT2D eigenvalue weighted by molar-refractivity contribution is 7.10. The van der Waals surface area contributed by atoms with Gasteiger partial charge < -0.3 is 0 Å². The molecule has 1 unspecified atom stereocenters. The van der Waals surface area contributed by atoms with E-state index in [0.717, 1.165) is 17.8 Å². The third-order valence-corrected chi connectivity index (χ3v) is 6.64. The van der Waals surface area contributed by atoms with Crippen LogP contribution in [0.1, 0.15) is 34.8 Å². The van der Waals surface area contributed by atoms with Crippen molar-refractivity contribution in [2.75, 3.05) is 0 Å². The number of para-hydroxylation sites is 1.